The van der Waals surface area contributed by atoms with Crippen LogP contribution in [-0.4, -0.2) is 33.3 Å². The number of amides is 1. The molecule has 3 aromatic rings. The second-order valence-corrected chi connectivity index (χ2v) is 8.66. The Morgan fingerprint density at radius 1 is 1.41 bits per heavy atom. The minimum Gasteiger partial charge on any atom is -0.467 e. The van der Waals surface area contributed by atoms with E-state index in [9.17, 15) is 4.79 Å². The lowest BCUT2D eigenvalue weighted by molar-refractivity contribution is -0.129. The van der Waals surface area contributed by atoms with Crippen molar-refractivity contribution in [1.29, 1.82) is 5.26 Å². The van der Waals surface area contributed by atoms with Crippen molar-refractivity contribution >= 4 is 51.4 Å². The first-order valence-electron chi connectivity index (χ1n) is 8.71. The number of nitriles is 1. The first kappa shape index (κ1) is 21.2. The van der Waals surface area contributed by atoms with Gasteiger partial charge in [-0.25, -0.2) is 0 Å². The van der Waals surface area contributed by atoms with Gasteiger partial charge in [-0.05, 0) is 36.8 Å². The first-order chi connectivity index (χ1) is 14.0. The van der Waals surface area contributed by atoms with E-state index in [1.165, 1.54) is 23.1 Å². The zero-order valence-corrected chi connectivity index (χ0v) is 18.0. The van der Waals surface area contributed by atoms with Crippen molar-refractivity contribution in [2.45, 2.75) is 24.2 Å². The number of rotatable bonds is 9. The molecule has 0 saturated heterocycles. The maximum Gasteiger partial charge on any atom is 0.233 e. The smallest absolute Gasteiger partial charge is 0.233 e. The second-order valence-electron chi connectivity index (χ2n) is 6.05. The van der Waals surface area contributed by atoms with Crippen molar-refractivity contribution in [2.75, 3.05) is 17.6 Å². The normalized spacial score (nSPS) is 10.5. The Morgan fingerprint density at radius 3 is 3.00 bits per heavy atom. The Balaban J connectivity index is 1.56. The van der Waals surface area contributed by atoms with Gasteiger partial charge in [0.25, 0.3) is 0 Å². The van der Waals surface area contributed by atoms with E-state index in [4.69, 9.17) is 21.3 Å². The fourth-order valence-corrected chi connectivity index (χ4v) is 4.25. The quantitative estimate of drug-likeness (QED) is 0.467. The average Bonchev–Trinajstić information content (AvgIpc) is 3.38. The van der Waals surface area contributed by atoms with E-state index in [1.54, 1.807) is 23.3 Å². The van der Waals surface area contributed by atoms with Crippen molar-refractivity contribution in [3.63, 3.8) is 0 Å². The van der Waals surface area contributed by atoms with Crippen molar-refractivity contribution < 1.29 is 9.21 Å². The highest BCUT2D eigenvalue weighted by molar-refractivity contribution is 8.01. The van der Waals surface area contributed by atoms with E-state index < -0.39 is 0 Å². The highest BCUT2D eigenvalue weighted by Crippen LogP contribution is 2.29. The maximum absolute atomic E-state index is 12.6. The van der Waals surface area contributed by atoms with Gasteiger partial charge in [0.2, 0.25) is 11.0 Å². The Morgan fingerprint density at radius 2 is 2.28 bits per heavy atom. The third-order valence-corrected chi connectivity index (χ3v) is 6.29. The number of halogens is 1. The molecule has 2 aromatic heterocycles. The monoisotopic (exact) mass is 447 g/mol. The Bertz CT molecular complexity index is 1000. The number of aryl methyl sites for hydroxylation is 1. The molecular weight excluding hydrogens is 430 g/mol. The number of aromatic nitrogens is 2. The Hall–Kier alpha value is -2.54. The van der Waals surface area contributed by atoms with Crippen molar-refractivity contribution in [1.82, 2.24) is 15.1 Å². The summed E-state index contributed by atoms with van der Waals surface area (Å²) in [6.45, 7) is 2.63. The lowest BCUT2D eigenvalue weighted by Gasteiger charge is -2.19. The van der Waals surface area contributed by atoms with Gasteiger partial charge < -0.3 is 14.6 Å². The molecule has 2 heterocycles. The Kier molecular flexibility index (Phi) is 7.52. The molecular formula is C19H18ClN5O2S2. The van der Waals surface area contributed by atoms with Crippen LogP contribution in [0.5, 0.6) is 0 Å². The summed E-state index contributed by atoms with van der Waals surface area (Å²) in [6, 6.07) is 11.3. The summed E-state index contributed by atoms with van der Waals surface area (Å²) in [7, 11) is 0. The van der Waals surface area contributed by atoms with Crippen LogP contribution in [0.4, 0.5) is 10.8 Å². The summed E-state index contributed by atoms with van der Waals surface area (Å²) >= 11 is 8.81. The van der Waals surface area contributed by atoms with Gasteiger partial charge in [0, 0.05) is 17.3 Å². The van der Waals surface area contributed by atoms with E-state index in [1.807, 2.05) is 25.1 Å². The zero-order valence-electron chi connectivity index (χ0n) is 15.6. The number of thioether (sulfide) groups is 1. The fraction of sp³-hybridized carbons (Fsp3) is 0.263. The molecule has 29 heavy (non-hydrogen) atoms. The van der Waals surface area contributed by atoms with Crippen LogP contribution >= 0.6 is 34.7 Å². The number of nitrogens with zero attached hydrogens (tertiary/aromatic N) is 4. The predicted octanol–water partition coefficient (Wildman–Crippen LogP) is 4.87. The third kappa shape index (κ3) is 6.22. The van der Waals surface area contributed by atoms with Crippen LogP contribution in [0, 0.1) is 18.3 Å². The van der Waals surface area contributed by atoms with Crippen LogP contribution in [0.15, 0.2) is 45.4 Å². The summed E-state index contributed by atoms with van der Waals surface area (Å²) in [6.07, 6.45) is 1.83. The molecule has 0 radical (unpaired) electrons. The number of hydrogen-bond donors (Lipinski definition) is 1. The van der Waals surface area contributed by atoms with Crippen molar-refractivity contribution in [2.24, 2.45) is 0 Å². The van der Waals surface area contributed by atoms with E-state index in [2.05, 4.69) is 21.6 Å². The molecule has 0 spiro atoms. The topological polar surface area (TPSA) is 95.0 Å². The van der Waals surface area contributed by atoms with Gasteiger partial charge in [0.1, 0.15) is 5.76 Å². The maximum atomic E-state index is 12.6. The number of hydrogen-bond acceptors (Lipinski definition) is 8. The van der Waals surface area contributed by atoms with Crippen LogP contribution in [-0.2, 0) is 11.3 Å². The fourth-order valence-electron chi connectivity index (χ4n) is 2.40. The van der Waals surface area contributed by atoms with Gasteiger partial charge in [-0.2, -0.15) is 5.26 Å². The largest absolute Gasteiger partial charge is 0.467 e. The zero-order chi connectivity index (χ0) is 20.6. The highest BCUT2D eigenvalue weighted by atomic mass is 35.5. The van der Waals surface area contributed by atoms with Crippen molar-refractivity contribution in [3.8, 4) is 6.07 Å². The SMILES string of the molecule is Cc1ccc(Nc2nnc(SCC(=O)N(CCC#N)Cc3ccco3)s2)cc1Cl. The Labute approximate surface area is 181 Å². The number of carbonyl (C=O) groups excluding carboxylic acids is 1. The van der Waals surface area contributed by atoms with E-state index >= 15 is 0 Å². The molecule has 0 atom stereocenters. The highest BCUT2D eigenvalue weighted by Gasteiger charge is 2.17. The van der Waals surface area contributed by atoms with E-state index in [-0.39, 0.29) is 18.1 Å². The van der Waals surface area contributed by atoms with Gasteiger partial charge >= 0.3 is 0 Å². The molecule has 1 N–H and O–H groups in total. The molecule has 0 aliphatic heterocycles. The molecule has 0 unspecified atom stereocenters. The number of anilines is 2. The van der Waals surface area contributed by atoms with Gasteiger partial charge in [-0.1, -0.05) is 40.8 Å². The van der Waals surface area contributed by atoms with E-state index in [0.717, 1.165) is 11.3 Å². The lowest BCUT2D eigenvalue weighted by atomic mass is 10.2. The summed E-state index contributed by atoms with van der Waals surface area (Å²) in [4.78, 5) is 14.2. The molecule has 1 amide bonds. The number of furan rings is 1. The number of benzene rings is 1. The first-order valence-corrected chi connectivity index (χ1v) is 10.9. The van der Waals surface area contributed by atoms with Crippen LogP contribution in [0.1, 0.15) is 17.7 Å². The third-order valence-electron chi connectivity index (χ3n) is 3.92. The molecule has 0 fully saturated rings. The number of nitrogens with one attached hydrogen (secondary N) is 1. The summed E-state index contributed by atoms with van der Waals surface area (Å²) in [5.41, 5.74) is 1.82. The molecule has 0 aliphatic carbocycles. The molecule has 0 bridgehead atoms. The van der Waals surface area contributed by atoms with Gasteiger partial charge in [0.15, 0.2) is 4.34 Å². The molecule has 0 saturated carbocycles. The molecule has 7 nitrogen and oxygen atoms in total. The van der Waals surface area contributed by atoms with Gasteiger partial charge in [-0.3, -0.25) is 4.79 Å². The number of carbonyl (C=O) groups is 1. The summed E-state index contributed by atoms with van der Waals surface area (Å²) < 4.78 is 5.99. The second kappa shape index (κ2) is 10.3. The van der Waals surface area contributed by atoms with E-state index in [0.29, 0.717) is 33.3 Å². The minimum atomic E-state index is -0.0864. The summed E-state index contributed by atoms with van der Waals surface area (Å²) in [5.74, 6) is 0.800. The minimum absolute atomic E-state index is 0.0864. The van der Waals surface area contributed by atoms with Crippen LogP contribution in [0.3, 0.4) is 0 Å². The molecule has 3 rings (SSSR count). The average molecular weight is 448 g/mol. The van der Waals surface area contributed by atoms with Gasteiger partial charge in [0.05, 0.1) is 31.1 Å². The molecule has 0 aliphatic rings. The standard InChI is InChI=1S/C19H18ClN5O2S2/c1-13-5-6-14(10-16(13)20)22-18-23-24-19(29-18)28-12-17(26)25(8-3-7-21)11-15-4-2-9-27-15/h2,4-6,9-10H,3,8,11-12H2,1H3,(H,22,23). The summed E-state index contributed by atoms with van der Waals surface area (Å²) in [5, 5.41) is 21.5. The molecule has 1 aromatic carbocycles. The van der Waals surface area contributed by atoms with Crippen LogP contribution < -0.4 is 5.32 Å². The predicted molar refractivity (Wildman–Crippen MR) is 114 cm³/mol. The molecule has 10 heteroatoms. The van der Waals surface area contributed by atoms with Crippen molar-refractivity contribution in [3.05, 3.63) is 52.9 Å². The molecule has 150 valence electrons. The van der Waals surface area contributed by atoms with Gasteiger partial charge in [-0.15, -0.1) is 10.2 Å². The van der Waals surface area contributed by atoms with Crippen LogP contribution in [0.25, 0.3) is 0 Å². The van der Waals surface area contributed by atoms with Crippen LogP contribution in [0.2, 0.25) is 5.02 Å². The lowest BCUT2D eigenvalue weighted by Crippen LogP contribution is -2.32.